The van der Waals surface area contributed by atoms with Crippen LogP contribution < -0.4 is 14.5 Å². The number of aromatic hydroxyl groups is 1. The van der Waals surface area contributed by atoms with Gasteiger partial charge in [-0.3, -0.25) is 9.78 Å². The van der Waals surface area contributed by atoms with Gasteiger partial charge in [-0.1, -0.05) is 53.8 Å². The first-order valence-electron chi connectivity index (χ1n) is 9.86. The van der Waals surface area contributed by atoms with Crippen LogP contribution in [0.4, 0.5) is 6.01 Å². The zero-order valence-electron chi connectivity index (χ0n) is 17.3. The van der Waals surface area contributed by atoms with Crippen LogP contribution in [-0.4, -0.2) is 35.3 Å². The lowest BCUT2D eigenvalue weighted by molar-refractivity contribution is 0.322. The standard InChI is InChI=1S/C23H23N3O4S/c1-15-20(17-6-4-3-5-7-17)24-22(30-15)26(2)12-13-29-18-10-8-16(9-11-18)14-19-21(27)25-23(28)31-19/h3-11,27H,12-14H2,1-2H3,(H,25,28). The molecule has 0 aliphatic rings. The molecule has 8 heteroatoms. The first kappa shape index (κ1) is 20.7. The number of aromatic amines is 1. The summed E-state index contributed by atoms with van der Waals surface area (Å²) in [6.07, 6.45) is 0.492. The van der Waals surface area contributed by atoms with Crippen molar-refractivity contribution in [3.63, 3.8) is 0 Å². The third-order valence-electron chi connectivity index (χ3n) is 4.84. The van der Waals surface area contributed by atoms with Crippen molar-refractivity contribution in [2.45, 2.75) is 13.3 Å². The highest BCUT2D eigenvalue weighted by Gasteiger charge is 2.14. The molecule has 4 aromatic rings. The SMILES string of the molecule is Cc1oc(N(C)CCOc2ccc(Cc3sc(=O)[nH]c3O)cc2)nc1-c1ccccc1. The van der Waals surface area contributed by atoms with Gasteiger partial charge in [0.2, 0.25) is 5.88 Å². The highest BCUT2D eigenvalue weighted by molar-refractivity contribution is 7.09. The fourth-order valence-electron chi connectivity index (χ4n) is 3.17. The van der Waals surface area contributed by atoms with Gasteiger partial charge in [-0.2, -0.15) is 4.98 Å². The number of thiazole rings is 1. The molecular formula is C23H23N3O4S. The Labute approximate surface area is 183 Å². The zero-order chi connectivity index (χ0) is 21.8. The number of aryl methyl sites for hydroxylation is 1. The van der Waals surface area contributed by atoms with E-state index in [0.29, 0.717) is 30.5 Å². The van der Waals surface area contributed by atoms with Crippen molar-refractivity contribution in [1.82, 2.24) is 9.97 Å². The molecule has 2 aromatic heterocycles. The van der Waals surface area contributed by atoms with Gasteiger partial charge in [-0.05, 0) is 24.6 Å². The maximum Gasteiger partial charge on any atom is 0.307 e. The van der Waals surface area contributed by atoms with Crippen molar-refractivity contribution in [3.05, 3.63) is 80.5 Å². The minimum Gasteiger partial charge on any atom is -0.494 e. The highest BCUT2D eigenvalue weighted by Crippen LogP contribution is 2.27. The fourth-order valence-corrected chi connectivity index (χ4v) is 3.92. The van der Waals surface area contributed by atoms with E-state index in [9.17, 15) is 9.90 Å². The summed E-state index contributed by atoms with van der Waals surface area (Å²) in [4.78, 5) is 20.6. The van der Waals surface area contributed by atoms with Crippen LogP contribution in [0.15, 0.2) is 63.8 Å². The molecule has 0 saturated heterocycles. The third kappa shape index (κ3) is 4.97. The number of anilines is 1. The lowest BCUT2D eigenvalue weighted by Gasteiger charge is -2.15. The maximum atomic E-state index is 11.3. The number of H-pyrrole nitrogens is 1. The molecule has 31 heavy (non-hydrogen) atoms. The van der Waals surface area contributed by atoms with Crippen LogP contribution in [-0.2, 0) is 6.42 Å². The second kappa shape index (κ2) is 9.09. The molecule has 0 aliphatic carbocycles. The molecule has 0 bridgehead atoms. The molecule has 2 N–H and O–H groups in total. The normalized spacial score (nSPS) is 10.9. The molecule has 2 aromatic carbocycles. The van der Waals surface area contributed by atoms with Crippen LogP contribution in [0.5, 0.6) is 11.6 Å². The average Bonchev–Trinajstić information content (AvgIpc) is 3.31. The van der Waals surface area contributed by atoms with E-state index in [1.165, 1.54) is 0 Å². The summed E-state index contributed by atoms with van der Waals surface area (Å²) >= 11 is 1.02. The molecule has 0 spiro atoms. The Bertz CT molecular complexity index is 1200. The number of aromatic nitrogens is 2. The smallest absolute Gasteiger partial charge is 0.307 e. The van der Waals surface area contributed by atoms with Gasteiger partial charge in [0, 0.05) is 19.0 Å². The number of rotatable bonds is 8. The Morgan fingerprint density at radius 3 is 2.58 bits per heavy atom. The molecule has 0 fully saturated rings. The molecule has 0 saturated carbocycles. The van der Waals surface area contributed by atoms with E-state index in [1.807, 2.05) is 73.5 Å². The van der Waals surface area contributed by atoms with Crippen LogP contribution in [0.3, 0.4) is 0 Å². The van der Waals surface area contributed by atoms with Crippen LogP contribution >= 0.6 is 11.3 Å². The second-order valence-electron chi connectivity index (χ2n) is 7.14. The second-order valence-corrected chi connectivity index (χ2v) is 8.21. The topological polar surface area (TPSA) is 91.6 Å². The van der Waals surface area contributed by atoms with E-state index in [4.69, 9.17) is 9.15 Å². The molecule has 0 radical (unpaired) electrons. The molecule has 4 rings (SSSR count). The summed E-state index contributed by atoms with van der Waals surface area (Å²) in [5.41, 5.74) is 2.86. The van der Waals surface area contributed by atoms with Gasteiger partial charge in [-0.15, -0.1) is 0 Å². The number of oxazole rings is 1. The molecule has 0 unspecified atom stereocenters. The van der Waals surface area contributed by atoms with Crippen LogP contribution in [0.1, 0.15) is 16.2 Å². The number of ether oxygens (including phenoxy) is 1. The number of nitrogens with one attached hydrogen (secondary N) is 1. The summed E-state index contributed by atoms with van der Waals surface area (Å²) in [7, 11) is 1.92. The molecule has 160 valence electrons. The summed E-state index contributed by atoms with van der Waals surface area (Å²) < 4.78 is 11.7. The molecule has 0 aliphatic heterocycles. The van der Waals surface area contributed by atoms with E-state index >= 15 is 0 Å². The first-order valence-corrected chi connectivity index (χ1v) is 10.7. The van der Waals surface area contributed by atoms with Gasteiger partial charge < -0.3 is 19.2 Å². The van der Waals surface area contributed by atoms with Crippen molar-refractivity contribution in [2.75, 3.05) is 25.1 Å². The Hall–Kier alpha value is -3.52. The molecule has 0 atom stereocenters. The van der Waals surface area contributed by atoms with E-state index < -0.39 is 0 Å². The molecule has 2 heterocycles. The summed E-state index contributed by atoms with van der Waals surface area (Å²) in [5.74, 6) is 1.47. The van der Waals surface area contributed by atoms with Crippen molar-refractivity contribution >= 4 is 17.4 Å². The van der Waals surface area contributed by atoms with Gasteiger partial charge >= 0.3 is 4.87 Å². The van der Waals surface area contributed by atoms with E-state index in [-0.39, 0.29) is 10.8 Å². The predicted molar refractivity (Wildman–Crippen MR) is 121 cm³/mol. The Morgan fingerprint density at radius 2 is 1.90 bits per heavy atom. The number of hydrogen-bond donors (Lipinski definition) is 2. The first-order chi connectivity index (χ1) is 15.0. The van der Waals surface area contributed by atoms with Crippen molar-refractivity contribution in [1.29, 1.82) is 0 Å². The largest absolute Gasteiger partial charge is 0.494 e. The lowest BCUT2D eigenvalue weighted by Crippen LogP contribution is -2.24. The Morgan fingerprint density at radius 1 is 1.16 bits per heavy atom. The number of benzene rings is 2. The number of nitrogens with zero attached hydrogens (tertiary/aromatic N) is 2. The van der Waals surface area contributed by atoms with Gasteiger partial charge in [0.25, 0.3) is 6.01 Å². The number of hydrogen-bond acceptors (Lipinski definition) is 7. The van der Waals surface area contributed by atoms with Crippen LogP contribution in [0.25, 0.3) is 11.3 Å². The van der Waals surface area contributed by atoms with Crippen molar-refractivity contribution in [2.24, 2.45) is 0 Å². The van der Waals surface area contributed by atoms with Gasteiger partial charge in [-0.25, -0.2) is 0 Å². The zero-order valence-corrected chi connectivity index (χ0v) is 18.1. The van der Waals surface area contributed by atoms with Gasteiger partial charge in [0.05, 0.1) is 11.4 Å². The maximum absolute atomic E-state index is 11.3. The third-order valence-corrected chi connectivity index (χ3v) is 5.71. The van der Waals surface area contributed by atoms with E-state index in [0.717, 1.165) is 39.7 Å². The summed E-state index contributed by atoms with van der Waals surface area (Å²) in [5, 5.41) is 9.71. The molecule has 7 nitrogen and oxygen atoms in total. The number of likely N-dealkylation sites (N-methyl/N-ethyl adjacent to an activating group) is 1. The van der Waals surface area contributed by atoms with Crippen molar-refractivity contribution in [3.8, 4) is 22.9 Å². The predicted octanol–water partition coefficient (Wildman–Crippen LogP) is 4.21. The van der Waals surface area contributed by atoms with Gasteiger partial charge in [0.15, 0.2) is 0 Å². The fraction of sp³-hybridized carbons (Fsp3) is 0.217. The quantitative estimate of drug-likeness (QED) is 0.429. The highest BCUT2D eigenvalue weighted by atomic mass is 32.1. The minimum atomic E-state index is -0.256. The van der Waals surface area contributed by atoms with Crippen LogP contribution in [0.2, 0.25) is 0 Å². The van der Waals surface area contributed by atoms with Crippen molar-refractivity contribution < 1.29 is 14.3 Å². The molecule has 0 amide bonds. The summed E-state index contributed by atoms with van der Waals surface area (Å²) in [6.45, 7) is 3.00. The van der Waals surface area contributed by atoms with E-state index in [2.05, 4.69) is 9.97 Å². The Balaban J connectivity index is 1.31. The molecular weight excluding hydrogens is 414 g/mol. The summed E-state index contributed by atoms with van der Waals surface area (Å²) in [6, 6.07) is 18.1. The average molecular weight is 438 g/mol. The monoisotopic (exact) mass is 437 g/mol. The van der Waals surface area contributed by atoms with Gasteiger partial charge in [0.1, 0.15) is 23.8 Å². The lowest BCUT2D eigenvalue weighted by atomic mass is 10.1. The van der Waals surface area contributed by atoms with Crippen LogP contribution in [0, 0.1) is 6.92 Å². The Kier molecular flexibility index (Phi) is 6.08. The van der Waals surface area contributed by atoms with E-state index in [1.54, 1.807) is 0 Å². The minimum absolute atomic E-state index is 0.0597.